The van der Waals surface area contributed by atoms with E-state index in [4.69, 9.17) is 5.26 Å². The third-order valence-electron chi connectivity index (χ3n) is 2.13. The van der Waals surface area contributed by atoms with Crippen molar-refractivity contribution in [3.05, 3.63) is 29.8 Å². The normalized spacial score (nSPS) is 10.6. The van der Waals surface area contributed by atoms with Gasteiger partial charge >= 0.3 is 12.2 Å². The molecule has 0 fully saturated rings. The molecule has 0 aliphatic rings. The van der Waals surface area contributed by atoms with Crippen molar-refractivity contribution in [2.45, 2.75) is 6.18 Å². The SMILES string of the molecule is CN(C(=O)NCC(F)(F)F)c1ccc(C#N)cc1. The number of hydrogen-bond acceptors (Lipinski definition) is 2. The Morgan fingerprint density at radius 1 is 1.39 bits per heavy atom. The topological polar surface area (TPSA) is 56.1 Å². The number of nitrogens with zero attached hydrogens (tertiary/aromatic N) is 2. The lowest BCUT2D eigenvalue weighted by Gasteiger charge is -2.18. The number of nitriles is 1. The van der Waals surface area contributed by atoms with Crippen LogP contribution < -0.4 is 10.2 Å². The van der Waals surface area contributed by atoms with Crippen LogP contribution in [0, 0.1) is 11.3 Å². The Labute approximate surface area is 102 Å². The molecule has 2 amide bonds. The quantitative estimate of drug-likeness (QED) is 0.883. The van der Waals surface area contributed by atoms with Gasteiger partial charge in [-0.15, -0.1) is 0 Å². The maximum Gasteiger partial charge on any atom is 0.405 e. The number of benzene rings is 1. The lowest BCUT2D eigenvalue weighted by atomic mass is 10.2. The first-order valence-corrected chi connectivity index (χ1v) is 4.92. The second-order valence-electron chi connectivity index (χ2n) is 3.49. The summed E-state index contributed by atoms with van der Waals surface area (Å²) in [5.74, 6) is 0. The van der Waals surface area contributed by atoms with Gasteiger partial charge in [-0.25, -0.2) is 4.79 Å². The first kappa shape index (κ1) is 13.8. The van der Waals surface area contributed by atoms with Gasteiger partial charge in [0.1, 0.15) is 6.54 Å². The molecule has 7 heteroatoms. The summed E-state index contributed by atoms with van der Waals surface area (Å²) in [6.07, 6.45) is -4.44. The highest BCUT2D eigenvalue weighted by molar-refractivity contribution is 5.91. The van der Waals surface area contributed by atoms with Gasteiger partial charge in [-0.05, 0) is 24.3 Å². The molecule has 0 spiro atoms. The summed E-state index contributed by atoms with van der Waals surface area (Å²) < 4.78 is 35.7. The van der Waals surface area contributed by atoms with Gasteiger partial charge in [0.2, 0.25) is 0 Å². The molecule has 0 saturated carbocycles. The molecule has 0 heterocycles. The molecule has 1 aromatic rings. The molecule has 0 aliphatic carbocycles. The summed E-state index contributed by atoms with van der Waals surface area (Å²) in [4.78, 5) is 12.4. The van der Waals surface area contributed by atoms with Crippen LogP contribution in [0.5, 0.6) is 0 Å². The van der Waals surface area contributed by atoms with E-state index in [1.165, 1.54) is 31.3 Å². The largest absolute Gasteiger partial charge is 0.405 e. The van der Waals surface area contributed by atoms with Crippen molar-refractivity contribution in [1.29, 1.82) is 5.26 Å². The monoisotopic (exact) mass is 257 g/mol. The van der Waals surface area contributed by atoms with Crippen LogP contribution in [0.15, 0.2) is 24.3 Å². The summed E-state index contributed by atoms with van der Waals surface area (Å²) in [5, 5.41) is 10.3. The summed E-state index contributed by atoms with van der Waals surface area (Å²) in [7, 11) is 1.34. The van der Waals surface area contributed by atoms with Crippen molar-refractivity contribution in [3.8, 4) is 6.07 Å². The predicted octanol–water partition coefficient (Wildman–Crippen LogP) is 2.27. The van der Waals surface area contributed by atoms with Crippen molar-refractivity contribution in [2.75, 3.05) is 18.5 Å². The lowest BCUT2D eigenvalue weighted by Crippen LogP contribution is -2.41. The zero-order valence-electron chi connectivity index (χ0n) is 9.45. The van der Waals surface area contributed by atoms with E-state index in [0.29, 0.717) is 11.3 Å². The van der Waals surface area contributed by atoms with E-state index < -0.39 is 18.8 Å². The van der Waals surface area contributed by atoms with Gasteiger partial charge in [0, 0.05) is 12.7 Å². The molecular weight excluding hydrogens is 247 g/mol. The van der Waals surface area contributed by atoms with Crippen LogP contribution in [-0.2, 0) is 0 Å². The number of anilines is 1. The second-order valence-corrected chi connectivity index (χ2v) is 3.49. The van der Waals surface area contributed by atoms with Gasteiger partial charge in [0.05, 0.1) is 11.6 Å². The highest BCUT2D eigenvalue weighted by atomic mass is 19.4. The first-order chi connectivity index (χ1) is 8.33. The van der Waals surface area contributed by atoms with E-state index in [9.17, 15) is 18.0 Å². The Hall–Kier alpha value is -2.23. The fourth-order valence-electron chi connectivity index (χ4n) is 1.17. The average molecular weight is 257 g/mol. The van der Waals surface area contributed by atoms with Gasteiger partial charge in [-0.2, -0.15) is 18.4 Å². The molecule has 1 aromatic carbocycles. The maximum absolute atomic E-state index is 11.9. The molecule has 0 saturated heterocycles. The highest BCUT2D eigenvalue weighted by Gasteiger charge is 2.28. The van der Waals surface area contributed by atoms with Crippen molar-refractivity contribution < 1.29 is 18.0 Å². The van der Waals surface area contributed by atoms with Crippen LogP contribution in [0.1, 0.15) is 5.56 Å². The number of nitrogens with one attached hydrogen (secondary N) is 1. The highest BCUT2D eigenvalue weighted by Crippen LogP contribution is 2.15. The minimum absolute atomic E-state index is 0.397. The molecular formula is C11H10F3N3O. The first-order valence-electron chi connectivity index (χ1n) is 4.92. The Kier molecular flexibility index (Phi) is 4.15. The third-order valence-corrected chi connectivity index (χ3v) is 2.13. The molecule has 4 nitrogen and oxygen atoms in total. The second kappa shape index (κ2) is 5.40. The maximum atomic E-state index is 11.9. The van der Waals surface area contributed by atoms with Crippen molar-refractivity contribution >= 4 is 11.7 Å². The minimum Gasteiger partial charge on any atom is -0.329 e. The van der Waals surface area contributed by atoms with Crippen molar-refractivity contribution in [1.82, 2.24) is 5.32 Å². The number of hydrogen-bond donors (Lipinski definition) is 1. The molecule has 0 radical (unpaired) electrons. The molecule has 0 unspecified atom stereocenters. The summed E-state index contributed by atoms with van der Waals surface area (Å²) in [6, 6.07) is 6.94. The third kappa shape index (κ3) is 3.97. The fraction of sp³-hybridized carbons (Fsp3) is 0.273. The molecule has 0 aliphatic heterocycles. The molecule has 0 atom stereocenters. The number of urea groups is 1. The smallest absolute Gasteiger partial charge is 0.329 e. The van der Waals surface area contributed by atoms with E-state index in [-0.39, 0.29) is 0 Å². The Morgan fingerprint density at radius 3 is 2.39 bits per heavy atom. The van der Waals surface area contributed by atoms with E-state index in [0.717, 1.165) is 4.90 Å². The molecule has 18 heavy (non-hydrogen) atoms. The average Bonchev–Trinajstić information content (AvgIpc) is 2.34. The molecule has 0 aromatic heterocycles. The lowest BCUT2D eigenvalue weighted by molar-refractivity contribution is -0.122. The summed E-state index contributed by atoms with van der Waals surface area (Å²) in [5.41, 5.74) is 0.802. The van der Waals surface area contributed by atoms with E-state index in [1.54, 1.807) is 5.32 Å². The number of alkyl halides is 3. The van der Waals surface area contributed by atoms with Crippen LogP contribution in [0.3, 0.4) is 0 Å². The molecule has 96 valence electrons. The summed E-state index contributed by atoms with van der Waals surface area (Å²) in [6.45, 7) is -1.38. The number of rotatable bonds is 2. The van der Waals surface area contributed by atoms with E-state index in [1.807, 2.05) is 6.07 Å². The zero-order valence-corrected chi connectivity index (χ0v) is 9.45. The summed E-state index contributed by atoms with van der Waals surface area (Å²) >= 11 is 0. The minimum atomic E-state index is -4.44. The molecule has 1 rings (SSSR count). The van der Waals surface area contributed by atoms with Crippen LogP contribution in [0.25, 0.3) is 0 Å². The van der Waals surface area contributed by atoms with Crippen molar-refractivity contribution in [2.24, 2.45) is 0 Å². The van der Waals surface area contributed by atoms with Crippen LogP contribution >= 0.6 is 0 Å². The van der Waals surface area contributed by atoms with Crippen molar-refractivity contribution in [3.63, 3.8) is 0 Å². The van der Waals surface area contributed by atoms with Crippen LogP contribution in [-0.4, -0.2) is 25.8 Å². The predicted molar refractivity (Wildman–Crippen MR) is 59.0 cm³/mol. The Balaban J connectivity index is 2.66. The molecule has 1 N–H and O–H groups in total. The zero-order chi connectivity index (χ0) is 13.8. The number of carbonyl (C=O) groups excluding carboxylic acids is 1. The van der Waals surface area contributed by atoms with E-state index >= 15 is 0 Å². The standard InChI is InChI=1S/C11H10F3N3O/c1-17(10(18)16-7-11(12,13)14)9-4-2-8(6-15)3-5-9/h2-5H,7H2,1H3,(H,16,18). The number of carbonyl (C=O) groups is 1. The number of amides is 2. The van der Waals surface area contributed by atoms with Gasteiger partial charge in [-0.1, -0.05) is 0 Å². The van der Waals surface area contributed by atoms with Crippen LogP contribution in [0.4, 0.5) is 23.7 Å². The fourth-order valence-corrected chi connectivity index (χ4v) is 1.17. The Bertz CT molecular complexity index is 462. The van der Waals surface area contributed by atoms with Crippen LogP contribution in [0.2, 0.25) is 0 Å². The van der Waals surface area contributed by atoms with Gasteiger partial charge in [-0.3, -0.25) is 4.90 Å². The number of halogens is 3. The molecule has 0 bridgehead atoms. The van der Waals surface area contributed by atoms with E-state index in [2.05, 4.69) is 0 Å². The van der Waals surface area contributed by atoms with Gasteiger partial charge in [0.15, 0.2) is 0 Å². The van der Waals surface area contributed by atoms with Gasteiger partial charge < -0.3 is 5.32 Å². The van der Waals surface area contributed by atoms with Gasteiger partial charge in [0.25, 0.3) is 0 Å². The Morgan fingerprint density at radius 2 is 1.94 bits per heavy atom.